The summed E-state index contributed by atoms with van der Waals surface area (Å²) in [5, 5.41) is 3.15. The Morgan fingerprint density at radius 2 is 1.86 bits per heavy atom. The quantitative estimate of drug-likeness (QED) is 0.778. The lowest BCUT2D eigenvalue weighted by atomic mass is 9.89. The van der Waals surface area contributed by atoms with Crippen LogP contribution in [0.25, 0.3) is 0 Å². The van der Waals surface area contributed by atoms with Gasteiger partial charge in [-0.05, 0) is 56.8 Å². The van der Waals surface area contributed by atoms with Crippen molar-refractivity contribution in [2.24, 2.45) is 5.92 Å². The fraction of sp³-hybridized carbons (Fsp3) is 0.696. The predicted octanol–water partition coefficient (Wildman–Crippen LogP) is 4.06. The molecule has 3 rings (SSSR count). The third-order valence-electron chi connectivity index (χ3n) is 6.36. The van der Waals surface area contributed by atoms with Crippen molar-refractivity contribution in [1.82, 2.24) is 15.1 Å². The van der Waals surface area contributed by atoms with Crippen LogP contribution in [0.2, 0.25) is 0 Å². The fourth-order valence-electron chi connectivity index (χ4n) is 4.62. The zero-order valence-corrected chi connectivity index (χ0v) is 18.3. The first-order chi connectivity index (χ1) is 14.1. The number of methoxy groups -OCH3 is 2. The number of nitrogens with one attached hydrogen (secondary N) is 1. The number of hydrogen-bond acceptors (Lipinski definition) is 4. The van der Waals surface area contributed by atoms with Gasteiger partial charge in [0, 0.05) is 31.7 Å². The molecule has 0 radical (unpaired) electrons. The Morgan fingerprint density at radius 3 is 2.59 bits per heavy atom. The lowest BCUT2D eigenvalue weighted by molar-refractivity contribution is 0.187. The second-order valence-corrected chi connectivity index (χ2v) is 8.42. The molecule has 1 aliphatic carbocycles. The molecule has 2 amide bonds. The van der Waals surface area contributed by atoms with Gasteiger partial charge in [-0.25, -0.2) is 4.79 Å². The third-order valence-corrected chi connectivity index (χ3v) is 6.36. The van der Waals surface area contributed by atoms with Crippen molar-refractivity contribution in [1.29, 1.82) is 0 Å². The molecule has 1 unspecified atom stereocenters. The standard InChI is InChI=1S/C23H37N3O3/c1-18(21-16-20(28-2)10-11-22(21)29-3)24-23(27)26-13-7-12-25(14-15-26)17-19-8-5-4-6-9-19/h10-11,16,18-19H,4-9,12-15,17H2,1-3H3,(H,24,27). The van der Waals surface area contributed by atoms with Crippen molar-refractivity contribution < 1.29 is 14.3 Å². The third kappa shape index (κ3) is 6.01. The Kier molecular flexibility index (Phi) is 8.04. The minimum Gasteiger partial charge on any atom is -0.497 e. The van der Waals surface area contributed by atoms with E-state index in [1.165, 1.54) is 38.6 Å². The van der Waals surface area contributed by atoms with E-state index in [4.69, 9.17) is 9.47 Å². The van der Waals surface area contributed by atoms with Gasteiger partial charge in [0.25, 0.3) is 0 Å². The zero-order chi connectivity index (χ0) is 20.6. The average molecular weight is 404 g/mol. The van der Waals surface area contributed by atoms with Gasteiger partial charge in [-0.1, -0.05) is 19.3 Å². The minimum atomic E-state index is -0.158. The number of carbonyl (C=O) groups is 1. The molecule has 1 saturated heterocycles. The molecular formula is C23H37N3O3. The highest BCUT2D eigenvalue weighted by Gasteiger charge is 2.24. The number of urea groups is 1. The Hall–Kier alpha value is -1.95. The van der Waals surface area contributed by atoms with E-state index in [0.29, 0.717) is 0 Å². The van der Waals surface area contributed by atoms with E-state index >= 15 is 0 Å². The lowest BCUT2D eigenvalue weighted by Crippen LogP contribution is -2.43. The monoisotopic (exact) mass is 403 g/mol. The topological polar surface area (TPSA) is 54.0 Å². The van der Waals surface area contributed by atoms with Gasteiger partial charge < -0.3 is 24.6 Å². The maximum absolute atomic E-state index is 12.9. The number of amides is 2. The van der Waals surface area contributed by atoms with Gasteiger partial charge in [-0.15, -0.1) is 0 Å². The van der Waals surface area contributed by atoms with E-state index in [0.717, 1.165) is 55.6 Å². The van der Waals surface area contributed by atoms with Crippen LogP contribution in [0.3, 0.4) is 0 Å². The van der Waals surface area contributed by atoms with E-state index in [1.807, 2.05) is 30.0 Å². The van der Waals surface area contributed by atoms with Gasteiger partial charge >= 0.3 is 6.03 Å². The number of ether oxygens (including phenoxy) is 2. The zero-order valence-electron chi connectivity index (χ0n) is 18.3. The molecule has 1 aromatic rings. The maximum atomic E-state index is 12.9. The largest absolute Gasteiger partial charge is 0.497 e. The molecule has 2 fully saturated rings. The van der Waals surface area contributed by atoms with Crippen LogP contribution in [0.1, 0.15) is 57.1 Å². The normalized spacial score (nSPS) is 20.0. The van der Waals surface area contributed by atoms with Crippen molar-refractivity contribution >= 4 is 6.03 Å². The second kappa shape index (κ2) is 10.7. The van der Waals surface area contributed by atoms with Crippen molar-refractivity contribution in [3.63, 3.8) is 0 Å². The van der Waals surface area contributed by atoms with E-state index in [9.17, 15) is 4.79 Å². The molecule has 1 saturated carbocycles. The number of nitrogens with zero attached hydrogens (tertiary/aromatic N) is 2. The Morgan fingerprint density at radius 1 is 1.07 bits per heavy atom. The van der Waals surface area contributed by atoms with Gasteiger partial charge in [0.15, 0.2) is 0 Å². The van der Waals surface area contributed by atoms with E-state index < -0.39 is 0 Å². The number of benzene rings is 1. The Labute approximate surface area is 175 Å². The molecule has 1 aromatic carbocycles. The second-order valence-electron chi connectivity index (χ2n) is 8.42. The van der Waals surface area contributed by atoms with Gasteiger partial charge in [0.05, 0.1) is 20.3 Å². The summed E-state index contributed by atoms with van der Waals surface area (Å²) in [6.45, 7) is 6.87. The van der Waals surface area contributed by atoms with E-state index in [1.54, 1.807) is 14.2 Å². The van der Waals surface area contributed by atoms with Crippen LogP contribution in [0.15, 0.2) is 18.2 Å². The molecule has 6 heteroatoms. The van der Waals surface area contributed by atoms with Crippen LogP contribution in [-0.4, -0.2) is 62.8 Å². The van der Waals surface area contributed by atoms with Crippen LogP contribution < -0.4 is 14.8 Å². The summed E-state index contributed by atoms with van der Waals surface area (Å²) in [6.07, 6.45) is 7.97. The number of rotatable bonds is 6. The van der Waals surface area contributed by atoms with Gasteiger partial charge in [0.2, 0.25) is 0 Å². The first-order valence-electron chi connectivity index (χ1n) is 11.1. The van der Waals surface area contributed by atoms with E-state index in [2.05, 4.69) is 10.2 Å². The fourth-order valence-corrected chi connectivity index (χ4v) is 4.62. The SMILES string of the molecule is COc1ccc(OC)c(C(C)NC(=O)N2CCCN(CC3CCCCC3)CC2)c1. The van der Waals surface area contributed by atoms with Crippen LogP contribution in [0.5, 0.6) is 11.5 Å². The first-order valence-corrected chi connectivity index (χ1v) is 11.1. The number of carbonyl (C=O) groups excluding carboxylic acids is 1. The maximum Gasteiger partial charge on any atom is 0.317 e. The molecule has 1 heterocycles. The Bertz CT molecular complexity index is 661. The van der Waals surface area contributed by atoms with Crippen LogP contribution in [-0.2, 0) is 0 Å². The lowest BCUT2D eigenvalue weighted by Gasteiger charge is -2.29. The Balaban J connectivity index is 1.54. The summed E-state index contributed by atoms with van der Waals surface area (Å²) >= 11 is 0. The molecule has 1 aliphatic heterocycles. The van der Waals surface area contributed by atoms with Crippen LogP contribution in [0.4, 0.5) is 4.79 Å². The van der Waals surface area contributed by atoms with Crippen molar-refractivity contribution in [2.45, 2.75) is 51.5 Å². The summed E-state index contributed by atoms with van der Waals surface area (Å²) < 4.78 is 10.8. The van der Waals surface area contributed by atoms with Gasteiger partial charge in [0.1, 0.15) is 11.5 Å². The van der Waals surface area contributed by atoms with Gasteiger partial charge in [-0.2, -0.15) is 0 Å². The highest BCUT2D eigenvalue weighted by Crippen LogP contribution is 2.29. The minimum absolute atomic E-state index is 0.00175. The molecule has 0 aromatic heterocycles. The van der Waals surface area contributed by atoms with Crippen molar-refractivity contribution in [3.05, 3.63) is 23.8 Å². The highest BCUT2D eigenvalue weighted by atomic mass is 16.5. The van der Waals surface area contributed by atoms with Crippen LogP contribution >= 0.6 is 0 Å². The smallest absolute Gasteiger partial charge is 0.317 e. The number of hydrogen-bond donors (Lipinski definition) is 1. The predicted molar refractivity (Wildman–Crippen MR) is 116 cm³/mol. The molecule has 0 bridgehead atoms. The highest BCUT2D eigenvalue weighted by molar-refractivity contribution is 5.75. The molecule has 162 valence electrons. The molecule has 29 heavy (non-hydrogen) atoms. The van der Waals surface area contributed by atoms with Gasteiger partial charge in [-0.3, -0.25) is 0 Å². The summed E-state index contributed by atoms with van der Waals surface area (Å²) in [5.74, 6) is 2.37. The molecular weight excluding hydrogens is 366 g/mol. The van der Waals surface area contributed by atoms with Crippen LogP contribution in [0, 0.1) is 5.92 Å². The summed E-state index contributed by atoms with van der Waals surface area (Å²) in [4.78, 5) is 17.4. The van der Waals surface area contributed by atoms with Crippen molar-refractivity contribution in [2.75, 3.05) is 46.9 Å². The van der Waals surface area contributed by atoms with Crippen molar-refractivity contribution in [3.8, 4) is 11.5 Å². The summed E-state index contributed by atoms with van der Waals surface area (Å²) in [6, 6.07) is 5.52. The molecule has 1 N–H and O–H groups in total. The van der Waals surface area contributed by atoms with E-state index in [-0.39, 0.29) is 12.1 Å². The molecule has 0 spiro atoms. The summed E-state index contributed by atoms with van der Waals surface area (Å²) in [7, 11) is 3.29. The summed E-state index contributed by atoms with van der Waals surface area (Å²) in [5.41, 5.74) is 0.925. The molecule has 6 nitrogen and oxygen atoms in total. The average Bonchev–Trinajstić information content (AvgIpc) is 2.99. The molecule has 1 atom stereocenters. The first kappa shape index (κ1) is 21.8. The molecule has 2 aliphatic rings.